The van der Waals surface area contributed by atoms with Crippen LogP contribution in [-0.4, -0.2) is 65.1 Å². The van der Waals surface area contributed by atoms with Crippen molar-refractivity contribution in [2.75, 3.05) is 19.7 Å². The smallest absolute Gasteiger partial charge is 0.254 e. The molecular formula is C29H33NO6. The minimum Gasteiger partial charge on any atom is -0.395 e. The van der Waals surface area contributed by atoms with Crippen molar-refractivity contribution in [2.24, 2.45) is 0 Å². The van der Waals surface area contributed by atoms with E-state index in [-0.39, 0.29) is 45.4 Å². The Hall–Kier alpha value is -3.07. The monoisotopic (exact) mass is 491 g/mol. The molecular weight excluding hydrogens is 458 g/mol. The van der Waals surface area contributed by atoms with Crippen LogP contribution in [0.4, 0.5) is 0 Å². The molecule has 1 saturated heterocycles. The summed E-state index contributed by atoms with van der Waals surface area (Å²) in [6.45, 7) is 0.522. The Bertz CT molecular complexity index is 1050. The molecule has 0 saturated carbocycles. The van der Waals surface area contributed by atoms with Crippen LogP contribution in [0.1, 0.15) is 16.7 Å². The van der Waals surface area contributed by atoms with Gasteiger partial charge in [-0.25, -0.2) is 0 Å². The lowest BCUT2D eigenvalue weighted by molar-refractivity contribution is -0.178. The van der Waals surface area contributed by atoms with Gasteiger partial charge in [0.25, 0.3) is 5.91 Å². The van der Waals surface area contributed by atoms with Crippen LogP contribution >= 0.6 is 0 Å². The minimum absolute atomic E-state index is 0.00917. The molecule has 7 nitrogen and oxygen atoms in total. The second-order valence-corrected chi connectivity index (χ2v) is 8.81. The van der Waals surface area contributed by atoms with E-state index in [1.165, 1.54) is 4.90 Å². The number of rotatable bonds is 11. The zero-order valence-corrected chi connectivity index (χ0v) is 20.2. The molecule has 36 heavy (non-hydrogen) atoms. The summed E-state index contributed by atoms with van der Waals surface area (Å²) in [7, 11) is 0. The Morgan fingerprint density at radius 2 is 1.14 bits per heavy atom. The molecule has 190 valence electrons. The third-order valence-electron chi connectivity index (χ3n) is 6.18. The Morgan fingerprint density at radius 1 is 0.694 bits per heavy atom. The van der Waals surface area contributed by atoms with Crippen molar-refractivity contribution in [3.8, 4) is 0 Å². The average Bonchev–Trinajstić information content (AvgIpc) is 3.01. The lowest BCUT2D eigenvalue weighted by atomic mass is 10.0. The lowest BCUT2D eigenvalue weighted by Crippen LogP contribution is -2.50. The zero-order valence-electron chi connectivity index (χ0n) is 20.2. The molecule has 0 spiro atoms. The summed E-state index contributed by atoms with van der Waals surface area (Å²) in [6.07, 6.45) is -3.76. The first kappa shape index (κ1) is 26.0. The Labute approximate surface area is 211 Å². The van der Waals surface area contributed by atoms with Crippen molar-refractivity contribution in [2.45, 2.75) is 44.2 Å². The first-order valence-electron chi connectivity index (χ1n) is 12.2. The van der Waals surface area contributed by atoms with Crippen LogP contribution in [0.25, 0.3) is 0 Å². The van der Waals surface area contributed by atoms with Crippen molar-refractivity contribution in [3.63, 3.8) is 0 Å². The maximum Gasteiger partial charge on any atom is 0.254 e. The van der Waals surface area contributed by atoms with E-state index in [1.54, 1.807) is 0 Å². The number of β-amino-alcohol motifs (C(OH)–C–C–N with tert-alkyl or cyclic N) is 2. The van der Waals surface area contributed by atoms with Gasteiger partial charge in [-0.2, -0.15) is 0 Å². The molecule has 1 aliphatic heterocycles. The molecule has 3 aromatic rings. The molecule has 1 heterocycles. The summed E-state index contributed by atoms with van der Waals surface area (Å²) in [5.74, 6) is -0.345. The van der Waals surface area contributed by atoms with Gasteiger partial charge in [0, 0.05) is 13.1 Å². The molecule has 3 aromatic carbocycles. The number of aliphatic hydroxyl groups is 2. The number of carbonyl (C=O) groups excluding carboxylic acids is 1. The van der Waals surface area contributed by atoms with E-state index in [0.29, 0.717) is 0 Å². The van der Waals surface area contributed by atoms with Gasteiger partial charge in [0.2, 0.25) is 0 Å². The van der Waals surface area contributed by atoms with Crippen LogP contribution in [0.15, 0.2) is 91.0 Å². The molecule has 0 aromatic heterocycles. The fourth-order valence-corrected chi connectivity index (χ4v) is 4.30. The Morgan fingerprint density at radius 3 is 1.61 bits per heavy atom. The number of nitrogens with zero attached hydrogens (tertiary/aromatic N) is 1. The van der Waals surface area contributed by atoms with Crippen LogP contribution in [0.2, 0.25) is 0 Å². The maximum absolute atomic E-state index is 13.6. The molecule has 2 N–H and O–H groups in total. The number of benzene rings is 3. The van der Waals surface area contributed by atoms with Gasteiger partial charge in [-0.05, 0) is 16.7 Å². The lowest BCUT2D eigenvalue weighted by Gasteiger charge is -2.32. The summed E-state index contributed by atoms with van der Waals surface area (Å²) < 4.78 is 18.7. The van der Waals surface area contributed by atoms with Crippen LogP contribution in [0.5, 0.6) is 0 Å². The molecule has 7 heteroatoms. The van der Waals surface area contributed by atoms with Crippen molar-refractivity contribution in [1.82, 2.24) is 4.90 Å². The fourth-order valence-electron chi connectivity index (χ4n) is 4.30. The number of aliphatic hydroxyl groups excluding tert-OH is 2. The van der Waals surface area contributed by atoms with Crippen LogP contribution in [-0.2, 0) is 38.8 Å². The fraction of sp³-hybridized carbons (Fsp3) is 0.345. The topological polar surface area (TPSA) is 88.5 Å². The molecule has 0 bridgehead atoms. The summed E-state index contributed by atoms with van der Waals surface area (Å²) in [5, 5.41) is 20.7. The molecule has 0 radical (unpaired) electrons. The molecule has 0 aliphatic carbocycles. The Balaban J connectivity index is 1.62. The molecule has 0 unspecified atom stereocenters. The van der Waals surface area contributed by atoms with Gasteiger partial charge in [0.15, 0.2) is 6.10 Å². The number of amides is 1. The van der Waals surface area contributed by atoms with Crippen molar-refractivity contribution >= 4 is 5.91 Å². The van der Waals surface area contributed by atoms with E-state index < -0.39 is 24.4 Å². The molecule has 4 rings (SSSR count). The number of hydrogen-bond donors (Lipinski definition) is 2. The van der Waals surface area contributed by atoms with Crippen LogP contribution in [0.3, 0.4) is 0 Å². The normalized spacial score (nSPS) is 22.4. The largest absolute Gasteiger partial charge is 0.395 e. The van der Waals surface area contributed by atoms with E-state index in [4.69, 9.17) is 14.2 Å². The predicted molar refractivity (Wildman–Crippen MR) is 135 cm³/mol. The van der Waals surface area contributed by atoms with Gasteiger partial charge in [-0.3, -0.25) is 4.79 Å². The van der Waals surface area contributed by atoms with E-state index in [2.05, 4.69) is 0 Å². The van der Waals surface area contributed by atoms with E-state index >= 15 is 0 Å². The molecule has 4 atom stereocenters. The first-order valence-corrected chi connectivity index (χ1v) is 12.2. The highest BCUT2D eigenvalue weighted by molar-refractivity contribution is 5.82. The van der Waals surface area contributed by atoms with Crippen molar-refractivity contribution < 1.29 is 29.2 Å². The number of likely N-dealkylation sites (tertiary alicyclic amines) is 1. The quantitative estimate of drug-likeness (QED) is 0.429. The predicted octanol–water partition coefficient (Wildman–Crippen LogP) is 2.94. The van der Waals surface area contributed by atoms with Crippen LogP contribution < -0.4 is 0 Å². The van der Waals surface area contributed by atoms with Gasteiger partial charge >= 0.3 is 0 Å². The summed E-state index contributed by atoms with van der Waals surface area (Å²) in [5.41, 5.74) is 2.78. The van der Waals surface area contributed by atoms with E-state index in [9.17, 15) is 15.0 Å². The number of hydrogen-bond acceptors (Lipinski definition) is 6. The summed E-state index contributed by atoms with van der Waals surface area (Å²) in [4.78, 5) is 15.0. The number of carbonyl (C=O) groups is 1. The second kappa shape index (κ2) is 13.3. The van der Waals surface area contributed by atoms with Gasteiger partial charge in [0.1, 0.15) is 18.3 Å². The first-order chi connectivity index (χ1) is 17.7. The third-order valence-corrected chi connectivity index (χ3v) is 6.18. The molecule has 1 fully saturated rings. The van der Waals surface area contributed by atoms with Crippen molar-refractivity contribution in [1.29, 1.82) is 0 Å². The third kappa shape index (κ3) is 7.00. The van der Waals surface area contributed by atoms with E-state index in [0.717, 1.165) is 16.7 Å². The highest BCUT2D eigenvalue weighted by atomic mass is 16.6. The highest BCUT2D eigenvalue weighted by Crippen LogP contribution is 2.25. The summed E-state index contributed by atoms with van der Waals surface area (Å²) >= 11 is 0. The average molecular weight is 492 g/mol. The summed E-state index contributed by atoms with van der Waals surface area (Å²) in [6, 6.07) is 28.9. The molecule has 1 aliphatic rings. The van der Waals surface area contributed by atoms with Crippen LogP contribution in [0, 0.1) is 0 Å². The second-order valence-electron chi connectivity index (χ2n) is 8.81. The number of ether oxygens (including phenoxy) is 3. The highest BCUT2D eigenvalue weighted by Gasteiger charge is 2.46. The van der Waals surface area contributed by atoms with Crippen molar-refractivity contribution in [3.05, 3.63) is 108 Å². The minimum atomic E-state index is -1.03. The van der Waals surface area contributed by atoms with Gasteiger partial charge in [0.05, 0.1) is 26.4 Å². The van der Waals surface area contributed by atoms with E-state index in [1.807, 2.05) is 91.0 Å². The standard InChI is InChI=1S/C29H33NO6/c31-17-16-30-18-25(32)26(34-19-22-10-4-1-5-11-22)27(35-20-23-12-6-2-7-13-23)28(29(30)33)36-21-24-14-8-3-9-15-24/h1-15,25-28,31-32H,16-21H2/t25-,26-,27+,28-/m1/s1. The SMILES string of the molecule is O=C1[C@H](OCc2ccccc2)[C@@H](OCc2ccccc2)[C@H](OCc2ccccc2)[C@H](O)CN1CCO. The molecule has 1 amide bonds. The zero-order chi connectivity index (χ0) is 25.2. The van der Waals surface area contributed by atoms with Gasteiger partial charge in [-0.15, -0.1) is 0 Å². The Kier molecular flexibility index (Phi) is 9.61. The maximum atomic E-state index is 13.6. The van der Waals surface area contributed by atoms with Gasteiger partial charge in [-0.1, -0.05) is 91.0 Å². The van der Waals surface area contributed by atoms with Gasteiger partial charge < -0.3 is 29.3 Å².